The molecule has 7 nitrogen and oxygen atoms in total. The Morgan fingerprint density at radius 1 is 1.00 bits per heavy atom. The molecule has 0 atom stereocenters. The van der Waals surface area contributed by atoms with Crippen molar-refractivity contribution < 1.29 is 26.1 Å². The summed E-state index contributed by atoms with van der Waals surface area (Å²) in [6.45, 7) is 1.17. The molecule has 33 heavy (non-hydrogen) atoms. The summed E-state index contributed by atoms with van der Waals surface area (Å²) in [5.41, 5.74) is 0.204. The number of hydrogen-bond donors (Lipinski definition) is 1. The number of nitrogens with one attached hydrogen (secondary N) is 1. The second-order valence-corrected chi connectivity index (χ2v) is 9.72. The minimum atomic E-state index is -4.42. The third-order valence-corrected chi connectivity index (χ3v) is 7.31. The molecule has 11 heteroatoms. The van der Waals surface area contributed by atoms with Crippen LogP contribution in [0.5, 0.6) is 0 Å². The van der Waals surface area contributed by atoms with Gasteiger partial charge in [-0.2, -0.15) is 22.5 Å². The zero-order chi connectivity index (χ0) is 23.5. The van der Waals surface area contributed by atoms with Crippen LogP contribution in [0.3, 0.4) is 0 Å². The zero-order valence-corrected chi connectivity index (χ0v) is 18.5. The van der Waals surface area contributed by atoms with Gasteiger partial charge in [-0.15, -0.1) is 0 Å². The maximum Gasteiger partial charge on any atom is 0.416 e. The van der Waals surface area contributed by atoms with Gasteiger partial charge < -0.3 is 9.84 Å². The van der Waals surface area contributed by atoms with Gasteiger partial charge >= 0.3 is 6.18 Å². The van der Waals surface area contributed by atoms with E-state index in [9.17, 15) is 21.6 Å². The number of nitrogens with zero attached hydrogens (tertiary/aromatic N) is 3. The fourth-order valence-corrected chi connectivity index (χ4v) is 5.19. The highest BCUT2D eigenvalue weighted by molar-refractivity contribution is 7.89. The lowest BCUT2D eigenvalue weighted by Crippen LogP contribution is -2.31. The quantitative estimate of drug-likeness (QED) is 0.538. The van der Waals surface area contributed by atoms with E-state index in [1.54, 1.807) is 24.3 Å². The van der Waals surface area contributed by atoms with Gasteiger partial charge in [0.1, 0.15) is 0 Å². The van der Waals surface area contributed by atoms with Crippen molar-refractivity contribution in [3.05, 3.63) is 60.0 Å². The van der Waals surface area contributed by atoms with Crippen LogP contribution < -0.4 is 5.32 Å². The Morgan fingerprint density at radius 3 is 2.36 bits per heavy atom. The van der Waals surface area contributed by atoms with Gasteiger partial charge in [0.25, 0.3) is 0 Å². The van der Waals surface area contributed by atoms with Crippen molar-refractivity contribution in [1.29, 1.82) is 0 Å². The van der Waals surface area contributed by atoms with E-state index in [0.29, 0.717) is 24.3 Å². The first-order chi connectivity index (χ1) is 15.7. The summed E-state index contributed by atoms with van der Waals surface area (Å²) < 4.78 is 70.9. The molecule has 1 fully saturated rings. The summed E-state index contributed by atoms with van der Waals surface area (Å²) in [5, 5.41) is 6.86. The average molecular weight is 481 g/mol. The van der Waals surface area contributed by atoms with Crippen molar-refractivity contribution in [3.63, 3.8) is 0 Å². The van der Waals surface area contributed by atoms with Crippen molar-refractivity contribution in [2.45, 2.75) is 43.3 Å². The predicted molar refractivity (Wildman–Crippen MR) is 116 cm³/mol. The second kappa shape index (κ2) is 9.52. The Balaban J connectivity index is 1.42. The molecule has 1 aliphatic heterocycles. The number of halogens is 3. The maximum absolute atomic E-state index is 13.0. The molecule has 0 bridgehead atoms. The Labute approximate surface area is 189 Å². The van der Waals surface area contributed by atoms with Crippen molar-refractivity contribution in [2.75, 3.05) is 18.4 Å². The van der Waals surface area contributed by atoms with Gasteiger partial charge in [-0.25, -0.2) is 8.42 Å². The van der Waals surface area contributed by atoms with E-state index in [2.05, 4.69) is 15.5 Å². The lowest BCUT2D eigenvalue weighted by Gasteiger charge is -2.20. The van der Waals surface area contributed by atoms with Crippen molar-refractivity contribution in [2.24, 2.45) is 0 Å². The van der Waals surface area contributed by atoms with Crippen molar-refractivity contribution in [1.82, 2.24) is 14.4 Å². The van der Waals surface area contributed by atoms with Crippen molar-refractivity contribution in [3.8, 4) is 11.4 Å². The van der Waals surface area contributed by atoms with Crippen LogP contribution in [-0.2, 0) is 22.7 Å². The van der Waals surface area contributed by atoms with Gasteiger partial charge in [0, 0.05) is 24.3 Å². The van der Waals surface area contributed by atoms with E-state index in [1.165, 1.54) is 16.4 Å². The lowest BCUT2D eigenvalue weighted by atomic mass is 10.1. The van der Waals surface area contributed by atoms with Gasteiger partial charge in [0.15, 0.2) is 0 Å². The lowest BCUT2D eigenvalue weighted by molar-refractivity contribution is -0.137. The van der Waals surface area contributed by atoms with Gasteiger partial charge in [-0.3, -0.25) is 0 Å². The van der Waals surface area contributed by atoms with E-state index in [4.69, 9.17) is 4.52 Å². The number of aromatic nitrogens is 2. The number of sulfonamides is 1. The number of alkyl halides is 3. The molecule has 0 unspecified atom stereocenters. The molecule has 0 spiro atoms. The highest BCUT2D eigenvalue weighted by Crippen LogP contribution is 2.30. The molecular weight excluding hydrogens is 457 g/mol. The molecule has 4 rings (SSSR count). The second-order valence-electron chi connectivity index (χ2n) is 7.79. The van der Waals surface area contributed by atoms with Gasteiger partial charge in [-0.1, -0.05) is 36.2 Å². The number of rotatable bonds is 6. The summed E-state index contributed by atoms with van der Waals surface area (Å²) in [7, 11) is -3.57. The molecule has 176 valence electrons. The van der Waals surface area contributed by atoms with E-state index >= 15 is 0 Å². The summed E-state index contributed by atoms with van der Waals surface area (Å²) in [5.74, 6) is 0.378. The van der Waals surface area contributed by atoms with Gasteiger partial charge in [-0.05, 0) is 43.2 Å². The molecular formula is C22H23F3N4O3S. The number of anilines is 1. The SMILES string of the molecule is O=S(=O)(c1cccc(NCc2nc(-c3ccc(C(F)(F)F)cc3)no2)c1)N1CCCCCC1. The largest absolute Gasteiger partial charge is 0.416 e. The summed E-state index contributed by atoms with van der Waals surface area (Å²) in [4.78, 5) is 4.41. The maximum atomic E-state index is 13.0. The number of hydrogen-bond acceptors (Lipinski definition) is 6. The standard InChI is InChI=1S/C22H23F3N4O3S/c23-22(24,25)17-10-8-16(9-11-17)21-27-20(32-28-21)15-26-18-6-5-7-19(14-18)33(30,31)29-12-3-1-2-4-13-29/h5-11,14,26H,1-4,12-13,15H2. The molecule has 2 aromatic carbocycles. The Morgan fingerprint density at radius 2 is 1.70 bits per heavy atom. The Kier molecular flexibility index (Phi) is 6.71. The first-order valence-electron chi connectivity index (χ1n) is 10.6. The fourth-order valence-electron chi connectivity index (χ4n) is 3.63. The zero-order valence-electron chi connectivity index (χ0n) is 17.7. The Bertz CT molecular complexity index is 1190. The fraction of sp³-hybridized carbons (Fsp3) is 0.364. The molecule has 0 saturated carbocycles. The molecule has 0 radical (unpaired) electrons. The average Bonchev–Trinajstić information content (AvgIpc) is 3.09. The van der Waals surface area contributed by atoms with E-state index in [0.717, 1.165) is 37.8 Å². The summed E-state index contributed by atoms with van der Waals surface area (Å²) in [6.07, 6.45) is -0.635. The molecule has 1 saturated heterocycles. The van der Waals surface area contributed by atoms with Crippen molar-refractivity contribution >= 4 is 15.7 Å². The normalized spacial score (nSPS) is 15.8. The first-order valence-corrected chi connectivity index (χ1v) is 12.0. The third kappa shape index (κ3) is 5.53. The third-order valence-electron chi connectivity index (χ3n) is 5.42. The predicted octanol–water partition coefficient (Wildman–Crippen LogP) is 4.93. The topological polar surface area (TPSA) is 88.3 Å². The monoisotopic (exact) mass is 480 g/mol. The highest BCUT2D eigenvalue weighted by atomic mass is 32.2. The van der Waals surface area contributed by atoms with Crippen LogP contribution in [0.15, 0.2) is 57.9 Å². The van der Waals surface area contributed by atoms with Crippen LogP contribution in [-0.4, -0.2) is 36.0 Å². The number of benzene rings is 2. The van der Waals surface area contributed by atoms with Crippen LogP contribution in [0.2, 0.25) is 0 Å². The molecule has 1 aliphatic rings. The van der Waals surface area contributed by atoms with E-state index < -0.39 is 21.8 Å². The molecule has 1 N–H and O–H groups in total. The first kappa shape index (κ1) is 23.2. The van der Waals surface area contributed by atoms with Gasteiger partial charge in [0.05, 0.1) is 17.0 Å². The summed E-state index contributed by atoms with van der Waals surface area (Å²) in [6, 6.07) is 11.0. The Hall–Kier alpha value is -2.92. The van der Waals surface area contributed by atoms with E-state index in [-0.39, 0.29) is 23.2 Å². The molecule has 2 heterocycles. The van der Waals surface area contributed by atoms with Crippen LogP contribution in [0, 0.1) is 0 Å². The van der Waals surface area contributed by atoms with Crippen LogP contribution in [0.4, 0.5) is 18.9 Å². The molecule has 1 aromatic heterocycles. The molecule has 0 aliphatic carbocycles. The minimum absolute atomic E-state index is 0.126. The van der Waals surface area contributed by atoms with Gasteiger partial charge in [0.2, 0.25) is 21.7 Å². The molecule has 0 amide bonds. The van der Waals surface area contributed by atoms with Crippen LogP contribution >= 0.6 is 0 Å². The highest BCUT2D eigenvalue weighted by Gasteiger charge is 2.30. The van der Waals surface area contributed by atoms with Crippen LogP contribution in [0.25, 0.3) is 11.4 Å². The minimum Gasteiger partial charge on any atom is -0.376 e. The molecule has 3 aromatic rings. The summed E-state index contributed by atoms with van der Waals surface area (Å²) >= 11 is 0. The van der Waals surface area contributed by atoms with Crippen LogP contribution in [0.1, 0.15) is 37.1 Å². The smallest absolute Gasteiger partial charge is 0.376 e. The van der Waals surface area contributed by atoms with E-state index in [1.807, 2.05) is 0 Å².